The van der Waals surface area contributed by atoms with Crippen molar-refractivity contribution in [3.05, 3.63) is 23.8 Å². The second-order valence-electron chi connectivity index (χ2n) is 5.75. The molecule has 0 saturated carbocycles. The monoisotopic (exact) mass is 357 g/mol. The first-order valence-corrected chi connectivity index (χ1v) is 8.07. The van der Waals surface area contributed by atoms with E-state index in [1.54, 1.807) is 14.2 Å². The van der Waals surface area contributed by atoms with Gasteiger partial charge < -0.3 is 14.8 Å². The van der Waals surface area contributed by atoms with E-state index >= 15 is 0 Å². The number of alkyl halides is 1. The maximum Gasteiger partial charge on any atom is 0.224 e. The van der Waals surface area contributed by atoms with Gasteiger partial charge in [-0.3, -0.25) is 4.79 Å². The Balaban J connectivity index is 2.59. The molecule has 0 bridgehead atoms. The molecule has 0 radical (unpaired) electrons. The van der Waals surface area contributed by atoms with Crippen LogP contribution in [0.1, 0.15) is 25.8 Å². The van der Waals surface area contributed by atoms with Crippen molar-refractivity contribution in [1.29, 1.82) is 0 Å². The van der Waals surface area contributed by atoms with E-state index in [9.17, 15) is 4.79 Å². The highest BCUT2D eigenvalue weighted by Crippen LogP contribution is 2.27. The number of methoxy groups -OCH3 is 2. The summed E-state index contributed by atoms with van der Waals surface area (Å²) in [5, 5.41) is 3.93. The van der Waals surface area contributed by atoms with Crippen LogP contribution in [-0.4, -0.2) is 32.0 Å². The lowest BCUT2D eigenvalue weighted by Crippen LogP contribution is -2.35. The van der Waals surface area contributed by atoms with Crippen molar-refractivity contribution in [2.45, 2.75) is 26.7 Å². The number of halogens is 1. The third-order valence-corrected chi connectivity index (χ3v) is 3.74. The summed E-state index contributed by atoms with van der Waals surface area (Å²) in [6.07, 6.45) is 1.36. The molecule has 0 aliphatic rings. The number of ether oxygens (including phenoxy) is 2. The first kappa shape index (κ1) is 17.8. The molecule has 21 heavy (non-hydrogen) atoms. The normalized spacial score (nSPS) is 11.1. The van der Waals surface area contributed by atoms with Crippen molar-refractivity contribution < 1.29 is 14.3 Å². The van der Waals surface area contributed by atoms with Crippen molar-refractivity contribution >= 4 is 21.8 Å². The topological polar surface area (TPSA) is 47.6 Å². The molecular formula is C16H24BrNO3. The predicted molar refractivity (Wildman–Crippen MR) is 88.5 cm³/mol. The maximum absolute atomic E-state index is 12.0. The van der Waals surface area contributed by atoms with Gasteiger partial charge in [-0.25, -0.2) is 0 Å². The standard InChI is InChI=1S/C16H24BrNO3/c1-16(2,7-8-17)11-18-15(19)10-12-5-6-13(20-3)14(9-12)21-4/h5-6,9H,7-8,10-11H2,1-4H3,(H,18,19). The number of carbonyl (C=O) groups excluding carboxylic acids is 1. The second-order valence-corrected chi connectivity index (χ2v) is 6.54. The first-order valence-electron chi connectivity index (χ1n) is 6.95. The minimum Gasteiger partial charge on any atom is -0.493 e. The van der Waals surface area contributed by atoms with Crippen LogP contribution >= 0.6 is 15.9 Å². The Kier molecular flexibility index (Phi) is 7.02. The van der Waals surface area contributed by atoms with E-state index in [4.69, 9.17) is 9.47 Å². The highest BCUT2D eigenvalue weighted by Gasteiger charge is 2.18. The average Bonchev–Trinajstić information content (AvgIpc) is 2.45. The van der Waals surface area contributed by atoms with Crippen LogP contribution in [0.3, 0.4) is 0 Å². The van der Waals surface area contributed by atoms with Gasteiger partial charge in [0.2, 0.25) is 5.91 Å². The van der Waals surface area contributed by atoms with E-state index in [0.29, 0.717) is 24.5 Å². The molecule has 1 aromatic carbocycles. The fourth-order valence-corrected chi connectivity index (χ4v) is 2.99. The van der Waals surface area contributed by atoms with Crippen LogP contribution in [0, 0.1) is 5.41 Å². The predicted octanol–water partition coefficient (Wildman–Crippen LogP) is 3.17. The van der Waals surface area contributed by atoms with Crippen LogP contribution in [0.5, 0.6) is 11.5 Å². The molecule has 0 atom stereocenters. The zero-order valence-corrected chi connectivity index (χ0v) is 14.7. The quantitative estimate of drug-likeness (QED) is 0.726. The molecular weight excluding hydrogens is 334 g/mol. The SMILES string of the molecule is COc1ccc(CC(=O)NCC(C)(C)CCBr)cc1OC. The van der Waals surface area contributed by atoms with E-state index < -0.39 is 0 Å². The summed E-state index contributed by atoms with van der Waals surface area (Å²) in [7, 11) is 3.18. The minimum atomic E-state index is 0.0184. The van der Waals surface area contributed by atoms with Crippen LogP contribution in [0.25, 0.3) is 0 Å². The molecule has 118 valence electrons. The third kappa shape index (κ3) is 5.96. The fraction of sp³-hybridized carbons (Fsp3) is 0.562. The average molecular weight is 358 g/mol. The zero-order chi connectivity index (χ0) is 15.9. The maximum atomic E-state index is 12.0. The number of amides is 1. The summed E-state index contributed by atoms with van der Waals surface area (Å²) in [6.45, 7) is 4.96. The molecule has 0 fully saturated rings. The molecule has 0 heterocycles. The van der Waals surface area contributed by atoms with Gasteiger partial charge in [-0.1, -0.05) is 35.8 Å². The summed E-state index contributed by atoms with van der Waals surface area (Å²) in [5.74, 6) is 1.33. The number of benzene rings is 1. The number of hydrogen-bond donors (Lipinski definition) is 1. The van der Waals surface area contributed by atoms with Gasteiger partial charge in [-0.15, -0.1) is 0 Å². The van der Waals surface area contributed by atoms with Crippen molar-refractivity contribution in [1.82, 2.24) is 5.32 Å². The van der Waals surface area contributed by atoms with Crippen LogP contribution in [0.15, 0.2) is 18.2 Å². The summed E-state index contributed by atoms with van der Waals surface area (Å²) < 4.78 is 10.4. The van der Waals surface area contributed by atoms with Crippen LogP contribution in [0.4, 0.5) is 0 Å². The molecule has 1 N–H and O–H groups in total. The van der Waals surface area contributed by atoms with Crippen molar-refractivity contribution in [2.24, 2.45) is 5.41 Å². The number of nitrogens with one attached hydrogen (secondary N) is 1. The summed E-state index contributed by atoms with van der Waals surface area (Å²) in [5.41, 5.74) is 1.000. The molecule has 0 unspecified atom stereocenters. The molecule has 0 spiro atoms. The van der Waals surface area contributed by atoms with E-state index in [1.807, 2.05) is 18.2 Å². The molecule has 0 aliphatic heterocycles. The number of hydrogen-bond acceptors (Lipinski definition) is 3. The molecule has 0 aromatic heterocycles. The lowest BCUT2D eigenvalue weighted by Gasteiger charge is -2.23. The lowest BCUT2D eigenvalue weighted by atomic mass is 9.90. The number of carbonyl (C=O) groups is 1. The third-order valence-electron chi connectivity index (χ3n) is 3.35. The van der Waals surface area contributed by atoms with Gasteiger partial charge in [-0.05, 0) is 29.5 Å². The van der Waals surface area contributed by atoms with E-state index in [2.05, 4.69) is 35.1 Å². The Morgan fingerprint density at radius 2 is 1.90 bits per heavy atom. The highest BCUT2D eigenvalue weighted by atomic mass is 79.9. The van der Waals surface area contributed by atoms with Crippen molar-refractivity contribution in [3.63, 3.8) is 0 Å². The Morgan fingerprint density at radius 3 is 2.48 bits per heavy atom. The van der Waals surface area contributed by atoms with Gasteiger partial charge in [0.15, 0.2) is 11.5 Å². The minimum absolute atomic E-state index is 0.0184. The Hall–Kier alpha value is -1.23. The second kappa shape index (κ2) is 8.27. The van der Waals surface area contributed by atoms with Crippen molar-refractivity contribution in [2.75, 3.05) is 26.1 Å². The highest BCUT2D eigenvalue weighted by molar-refractivity contribution is 9.09. The van der Waals surface area contributed by atoms with Crippen LogP contribution < -0.4 is 14.8 Å². The van der Waals surface area contributed by atoms with Crippen LogP contribution in [0.2, 0.25) is 0 Å². The lowest BCUT2D eigenvalue weighted by molar-refractivity contribution is -0.120. The fourth-order valence-electron chi connectivity index (χ4n) is 1.92. The van der Waals surface area contributed by atoms with E-state index in [1.165, 1.54) is 0 Å². The zero-order valence-electron chi connectivity index (χ0n) is 13.2. The van der Waals surface area contributed by atoms with Crippen molar-refractivity contribution in [3.8, 4) is 11.5 Å². The van der Waals surface area contributed by atoms with E-state index in [0.717, 1.165) is 17.3 Å². The van der Waals surface area contributed by atoms with Gasteiger partial charge in [-0.2, -0.15) is 0 Å². The first-order chi connectivity index (χ1) is 9.91. The molecule has 0 saturated heterocycles. The van der Waals surface area contributed by atoms with Gasteiger partial charge in [0.1, 0.15) is 0 Å². The van der Waals surface area contributed by atoms with Gasteiger partial charge in [0.05, 0.1) is 20.6 Å². The summed E-state index contributed by atoms with van der Waals surface area (Å²) in [4.78, 5) is 12.0. The molecule has 4 nitrogen and oxygen atoms in total. The molecule has 1 amide bonds. The van der Waals surface area contributed by atoms with Gasteiger partial charge in [0.25, 0.3) is 0 Å². The summed E-state index contributed by atoms with van der Waals surface area (Å²) in [6, 6.07) is 5.53. The van der Waals surface area contributed by atoms with Crippen LogP contribution in [-0.2, 0) is 11.2 Å². The molecule has 5 heteroatoms. The Morgan fingerprint density at radius 1 is 1.24 bits per heavy atom. The van der Waals surface area contributed by atoms with Gasteiger partial charge in [0, 0.05) is 11.9 Å². The van der Waals surface area contributed by atoms with E-state index in [-0.39, 0.29) is 11.3 Å². The molecule has 1 aromatic rings. The number of rotatable bonds is 8. The Labute approximate surface area is 135 Å². The summed E-state index contributed by atoms with van der Waals surface area (Å²) >= 11 is 3.44. The van der Waals surface area contributed by atoms with Gasteiger partial charge >= 0.3 is 0 Å². The largest absolute Gasteiger partial charge is 0.493 e. The Bertz CT molecular complexity index is 475. The molecule has 0 aliphatic carbocycles. The smallest absolute Gasteiger partial charge is 0.224 e. The molecule has 1 rings (SSSR count).